The van der Waals surface area contributed by atoms with Crippen molar-refractivity contribution in [2.75, 3.05) is 12.4 Å². The molecule has 1 N–H and O–H groups in total. The molecule has 0 radical (unpaired) electrons. The van der Waals surface area contributed by atoms with E-state index in [1.807, 2.05) is 6.92 Å². The highest BCUT2D eigenvalue weighted by atomic mass is 32.2. The monoisotopic (exact) mass is 255 g/mol. The number of pyridine rings is 1. The predicted molar refractivity (Wildman–Crippen MR) is 63.6 cm³/mol. The number of rotatable bonds is 5. The number of carbonyl (C=O) groups excluding carboxylic acids is 1. The van der Waals surface area contributed by atoms with Gasteiger partial charge in [0.25, 0.3) is 0 Å². The molecule has 0 unspecified atom stereocenters. The molecule has 0 bridgehead atoms. The normalized spacial score (nSPS) is 10.0. The summed E-state index contributed by atoms with van der Waals surface area (Å²) in [6.07, 6.45) is 1.16. The van der Waals surface area contributed by atoms with Crippen molar-refractivity contribution >= 4 is 23.7 Å². The van der Waals surface area contributed by atoms with E-state index < -0.39 is 11.9 Å². The Morgan fingerprint density at radius 3 is 2.71 bits per heavy atom. The summed E-state index contributed by atoms with van der Waals surface area (Å²) < 4.78 is 4.85. The fourth-order valence-electron chi connectivity index (χ4n) is 1.18. The minimum atomic E-state index is -1.06. The molecular weight excluding hydrogens is 242 g/mol. The molecule has 92 valence electrons. The number of hydrogen-bond acceptors (Lipinski definition) is 5. The summed E-state index contributed by atoms with van der Waals surface area (Å²) in [6, 6.07) is 1.44. The molecule has 0 saturated heterocycles. The van der Waals surface area contributed by atoms with E-state index in [4.69, 9.17) is 9.84 Å². The largest absolute Gasteiger partial charge is 0.478 e. The van der Waals surface area contributed by atoms with Gasteiger partial charge >= 0.3 is 11.9 Å². The quantitative estimate of drug-likeness (QED) is 0.641. The molecule has 0 atom stereocenters. The number of aromatic carboxylic acids is 1. The molecule has 1 aromatic rings. The molecule has 1 rings (SSSR count). The maximum atomic E-state index is 11.6. The van der Waals surface area contributed by atoms with E-state index in [2.05, 4.69) is 4.98 Å². The van der Waals surface area contributed by atoms with E-state index in [9.17, 15) is 9.59 Å². The lowest BCUT2D eigenvalue weighted by molar-refractivity contribution is 0.0513. The number of carboxylic acids is 1. The molecule has 1 aromatic heterocycles. The Bertz CT molecular complexity index is 433. The van der Waals surface area contributed by atoms with Gasteiger partial charge in [0.15, 0.2) is 5.69 Å². The Morgan fingerprint density at radius 2 is 2.18 bits per heavy atom. The first-order chi connectivity index (χ1) is 8.10. The number of ether oxygens (including phenoxy) is 1. The van der Waals surface area contributed by atoms with Crippen molar-refractivity contribution in [2.24, 2.45) is 0 Å². The van der Waals surface area contributed by atoms with Gasteiger partial charge < -0.3 is 9.84 Å². The maximum absolute atomic E-state index is 11.6. The number of hydrogen-bond donors (Lipinski definition) is 1. The lowest BCUT2D eigenvalue weighted by Crippen LogP contribution is -2.10. The van der Waals surface area contributed by atoms with Crippen LogP contribution in [0.15, 0.2) is 17.2 Å². The van der Waals surface area contributed by atoms with Crippen molar-refractivity contribution < 1.29 is 19.4 Å². The van der Waals surface area contributed by atoms with E-state index >= 15 is 0 Å². The van der Waals surface area contributed by atoms with Gasteiger partial charge in [-0.2, -0.15) is 0 Å². The van der Waals surface area contributed by atoms with Gasteiger partial charge in [0, 0.05) is 11.1 Å². The zero-order valence-corrected chi connectivity index (χ0v) is 10.4. The Hall–Kier alpha value is -1.56. The summed E-state index contributed by atoms with van der Waals surface area (Å²) in [6.45, 7) is 3.88. The third-order valence-electron chi connectivity index (χ3n) is 1.87. The molecule has 0 aromatic carbocycles. The zero-order chi connectivity index (χ0) is 12.8. The molecule has 5 nitrogen and oxygen atoms in total. The SMILES string of the molecule is CCOC(=O)c1ncc(C(=O)O)cc1SCC. The summed E-state index contributed by atoms with van der Waals surface area (Å²) in [4.78, 5) is 26.8. The van der Waals surface area contributed by atoms with E-state index in [1.54, 1.807) is 6.92 Å². The van der Waals surface area contributed by atoms with Crippen LogP contribution in [0.1, 0.15) is 34.7 Å². The molecule has 0 aliphatic heterocycles. The smallest absolute Gasteiger partial charge is 0.358 e. The molecule has 0 aliphatic rings. The first-order valence-electron chi connectivity index (χ1n) is 5.13. The minimum absolute atomic E-state index is 0.0639. The second-order valence-electron chi connectivity index (χ2n) is 3.03. The van der Waals surface area contributed by atoms with Crippen LogP contribution in [0.3, 0.4) is 0 Å². The molecule has 0 spiro atoms. The number of thioether (sulfide) groups is 1. The minimum Gasteiger partial charge on any atom is -0.478 e. The third-order valence-corrected chi connectivity index (χ3v) is 2.78. The van der Waals surface area contributed by atoms with E-state index in [0.717, 1.165) is 11.9 Å². The number of aromatic nitrogens is 1. The van der Waals surface area contributed by atoms with Gasteiger partial charge in [-0.05, 0) is 18.7 Å². The molecule has 0 saturated carbocycles. The van der Waals surface area contributed by atoms with Gasteiger partial charge in [0.1, 0.15) is 0 Å². The number of carboxylic acid groups (broad SMARTS) is 1. The van der Waals surface area contributed by atoms with Crippen LogP contribution < -0.4 is 0 Å². The van der Waals surface area contributed by atoms with Crippen molar-refractivity contribution in [3.8, 4) is 0 Å². The number of nitrogens with zero attached hydrogens (tertiary/aromatic N) is 1. The fourth-order valence-corrected chi connectivity index (χ4v) is 1.97. The van der Waals surface area contributed by atoms with E-state index in [1.165, 1.54) is 17.8 Å². The summed E-state index contributed by atoms with van der Waals surface area (Å²) in [5, 5.41) is 8.84. The summed E-state index contributed by atoms with van der Waals surface area (Å²) in [5.41, 5.74) is 0.234. The Balaban J connectivity index is 3.12. The van der Waals surface area contributed by atoms with Crippen LogP contribution >= 0.6 is 11.8 Å². The Labute approximate surface area is 103 Å². The lowest BCUT2D eigenvalue weighted by Gasteiger charge is -2.07. The second-order valence-corrected chi connectivity index (χ2v) is 4.34. The standard InChI is InChI=1S/C11H13NO4S/c1-3-16-11(15)9-8(17-4-2)5-7(6-12-9)10(13)14/h5-6H,3-4H2,1-2H3,(H,13,14). The van der Waals surface area contributed by atoms with Crippen LogP contribution in [0, 0.1) is 0 Å². The van der Waals surface area contributed by atoms with Gasteiger partial charge in [-0.25, -0.2) is 14.6 Å². The lowest BCUT2D eigenvalue weighted by atomic mass is 10.2. The van der Waals surface area contributed by atoms with Crippen molar-refractivity contribution in [3.63, 3.8) is 0 Å². The van der Waals surface area contributed by atoms with Crippen LogP contribution in [-0.4, -0.2) is 34.4 Å². The maximum Gasteiger partial charge on any atom is 0.358 e. The van der Waals surface area contributed by atoms with Crippen LogP contribution in [-0.2, 0) is 4.74 Å². The highest BCUT2D eigenvalue weighted by Gasteiger charge is 2.16. The van der Waals surface area contributed by atoms with Crippen molar-refractivity contribution in [3.05, 3.63) is 23.5 Å². The molecule has 6 heteroatoms. The molecule has 1 heterocycles. The number of carbonyl (C=O) groups is 2. The van der Waals surface area contributed by atoms with E-state index in [-0.39, 0.29) is 17.9 Å². The number of esters is 1. The molecule has 0 aliphatic carbocycles. The molecule has 0 fully saturated rings. The average Bonchev–Trinajstić information content (AvgIpc) is 2.29. The molecule has 17 heavy (non-hydrogen) atoms. The van der Waals surface area contributed by atoms with Crippen LogP contribution in [0.4, 0.5) is 0 Å². The predicted octanol–water partition coefficient (Wildman–Crippen LogP) is 2.07. The van der Waals surface area contributed by atoms with Crippen molar-refractivity contribution in [1.29, 1.82) is 0 Å². The summed E-state index contributed by atoms with van der Waals surface area (Å²) in [7, 11) is 0. The summed E-state index contributed by atoms with van der Waals surface area (Å²) >= 11 is 1.36. The highest BCUT2D eigenvalue weighted by Crippen LogP contribution is 2.23. The van der Waals surface area contributed by atoms with E-state index in [0.29, 0.717) is 4.90 Å². The first kappa shape index (κ1) is 13.5. The first-order valence-corrected chi connectivity index (χ1v) is 6.12. The van der Waals surface area contributed by atoms with Crippen LogP contribution in [0.5, 0.6) is 0 Å². The summed E-state index contributed by atoms with van der Waals surface area (Å²) in [5.74, 6) is -0.872. The topological polar surface area (TPSA) is 76.5 Å². The zero-order valence-electron chi connectivity index (χ0n) is 9.60. The fraction of sp³-hybridized carbons (Fsp3) is 0.364. The van der Waals surface area contributed by atoms with Crippen LogP contribution in [0.2, 0.25) is 0 Å². The van der Waals surface area contributed by atoms with Gasteiger partial charge in [0.2, 0.25) is 0 Å². The molecular formula is C11H13NO4S. The molecule has 0 amide bonds. The second kappa shape index (κ2) is 6.24. The van der Waals surface area contributed by atoms with Gasteiger partial charge in [-0.15, -0.1) is 11.8 Å². The van der Waals surface area contributed by atoms with Gasteiger partial charge in [0.05, 0.1) is 12.2 Å². The Morgan fingerprint density at radius 1 is 1.47 bits per heavy atom. The highest BCUT2D eigenvalue weighted by molar-refractivity contribution is 7.99. The third kappa shape index (κ3) is 3.45. The Kier molecular flexibility index (Phi) is 4.96. The van der Waals surface area contributed by atoms with Crippen LogP contribution in [0.25, 0.3) is 0 Å². The van der Waals surface area contributed by atoms with Gasteiger partial charge in [-0.1, -0.05) is 6.92 Å². The average molecular weight is 255 g/mol. The van der Waals surface area contributed by atoms with Crippen molar-refractivity contribution in [2.45, 2.75) is 18.7 Å². The van der Waals surface area contributed by atoms with Crippen molar-refractivity contribution in [1.82, 2.24) is 4.98 Å². The van der Waals surface area contributed by atoms with Gasteiger partial charge in [-0.3, -0.25) is 0 Å².